The van der Waals surface area contributed by atoms with Gasteiger partial charge < -0.3 is 58.9 Å². The van der Waals surface area contributed by atoms with E-state index in [2.05, 4.69) is 29.8 Å². The van der Waals surface area contributed by atoms with E-state index in [1.807, 2.05) is 6.92 Å². The Bertz CT molecular complexity index is 2790. The lowest BCUT2D eigenvalue weighted by Crippen LogP contribution is -2.65. The molecule has 6 amide bonds. The fraction of sp³-hybridized carbons (Fsp3) is 0.549. The Morgan fingerprint density at radius 2 is 1.56 bits per heavy atom. The highest BCUT2D eigenvalue weighted by Crippen LogP contribution is 2.66. The Labute approximate surface area is 439 Å². The minimum atomic E-state index is -4.74. The van der Waals surface area contributed by atoms with Gasteiger partial charge in [0.05, 0.1) is 50.0 Å². The zero-order valence-electron chi connectivity index (χ0n) is 43.3. The number of carbonyl (C=O) groups excluding carboxylic acids is 5. The van der Waals surface area contributed by atoms with Gasteiger partial charge in [0, 0.05) is 31.1 Å². The van der Waals surface area contributed by atoms with Crippen molar-refractivity contribution in [3.63, 3.8) is 0 Å². The molecule has 3 aromatic rings. The van der Waals surface area contributed by atoms with Gasteiger partial charge >= 0.3 is 32.7 Å². The Hall–Kier alpha value is -5.51. The number of hydrogen-bond donors (Lipinski definition) is 5. The maximum Gasteiger partial charge on any atom is 0.482 e. The summed E-state index contributed by atoms with van der Waals surface area (Å²) in [5.74, 6) is -5.45. The van der Waals surface area contributed by atoms with Crippen LogP contribution < -0.4 is 35.5 Å². The number of methoxy groups -OCH3 is 3. The second-order valence-electron chi connectivity index (χ2n) is 21.7. The van der Waals surface area contributed by atoms with Crippen molar-refractivity contribution in [2.75, 3.05) is 39.7 Å². The zero-order valence-corrected chi connectivity index (χ0v) is 44.9. The molecule has 3 aromatic carbocycles. The van der Waals surface area contributed by atoms with Gasteiger partial charge in [0.2, 0.25) is 11.8 Å². The average molecular weight is 1090 g/mol. The van der Waals surface area contributed by atoms with Crippen LogP contribution in [0.25, 0.3) is 0 Å². The molecule has 2 bridgehead atoms. The van der Waals surface area contributed by atoms with Crippen molar-refractivity contribution < 1.29 is 75.4 Å². The third-order valence-corrected chi connectivity index (χ3v) is 17.1. The van der Waals surface area contributed by atoms with Gasteiger partial charge in [-0.1, -0.05) is 43.6 Å². The zero-order chi connectivity index (χ0) is 54.7. The number of nitrogens with one attached hydrogen (secondary N) is 3. The number of ether oxygens (including phenoxy) is 4. The van der Waals surface area contributed by atoms with Crippen molar-refractivity contribution in [2.45, 2.75) is 122 Å². The summed E-state index contributed by atoms with van der Waals surface area (Å²) < 4.78 is 77.6. The number of nitrogens with zero attached hydrogens (tertiary/aromatic N) is 2. The first kappa shape index (κ1) is 55.7. The number of hydrogen-bond acceptors (Lipinski definition) is 12. The minimum Gasteiger partial charge on any atom is -0.495 e. The van der Waals surface area contributed by atoms with Crippen LogP contribution in [0, 0.1) is 34.8 Å². The number of esters is 1. The molecule has 4 saturated carbocycles. The van der Waals surface area contributed by atoms with E-state index in [4.69, 9.17) is 39.9 Å². The van der Waals surface area contributed by atoms with Crippen molar-refractivity contribution in [3.05, 3.63) is 75.8 Å². The molecule has 0 aromatic heterocycles. The fourth-order valence-corrected chi connectivity index (χ4v) is 12.5. The number of anilines is 1. The summed E-state index contributed by atoms with van der Waals surface area (Å²) in [6.07, 6.45) is 2.61. The Kier molecular flexibility index (Phi) is 15.7. The Morgan fingerprint density at radius 3 is 2.16 bits per heavy atom. The number of imide groups is 1. The number of carbonyl (C=O) groups is 5. The maximum atomic E-state index is 15.6. The van der Waals surface area contributed by atoms with Crippen LogP contribution in [0.5, 0.6) is 17.2 Å². The molecule has 0 radical (unpaired) electrons. The predicted molar refractivity (Wildman–Crippen MR) is 271 cm³/mol. The predicted octanol–water partition coefficient (Wildman–Crippen LogP) is 7.08. The van der Waals surface area contributed by atoms with Gasteiger partial charge in [-0.15, -0.1) is 0 Å². The lowest BCUT2D eigenvalue weighted by Gasteiger charge is -2.64. The molecule has 0 unspecified atom stereocenters. The topological polar surface area (TPSA) is 241 Å². The quantitative estimate of drug-likeness (QED) is 0.0581. The monoisotopic (exact) mass is 1090 g/mol. The van der Waals surface area contributed by atoms with Crippen molar-refractivity contribution in [1.29, 1.82) is 0 Å². The normalized spacial score (nSPS) is 24.9. The standard InChI is InChI=1S/C51H64BClF2N5O14P/c1-49(2,3)72-46(63)38-32(54)19-14-28(41(38)69-7)22-37(52-73-36-24-29-23-35(50(29,4)5)51(36,6)74-52)57-45(62)40(26-12-17-31(18-13-26)75(66,67)68)58-47(64)60-21-20-59(48(60)65)30-15-10-27(11-16-30)44(61)56-34-25-33(55)42(70-8)43(71-9)39(34)53/h12-14,17-19,25,27,29-30,35-37,40H,10-11,15-16,20-24H2,1-9H3,(H,56,61)(H,57,62)(H,58,64)(H2,66,67,68)/t27?,29-,30?,35-,36+,37-,40+,51-/m0/s1. The van der Waals surface area contributed by atoms with Crippen LogP contribution in [0.2, 0.25) is 5.02 Å². The third kappa shape index (κ3) is 10.9. The van der Waals surface area contributed by atoms with E-state index in [0.717, 1.165) is 35.6 Å². The fourth-order valence-electron chi connectivity index (χ4n) is 11.7. The summed E-state index contributed by atoms with van der Waals surface area (Å²) in [5.41, 5.74) is -1.88. The second-order valence-corrected chi connectivity index (χ2v) is 23.7. The first-order valence-electron chi connectivity index (χ1n) is 24.9. The summed E-state index contributed by atoms with van der Waals surface area (Å²) in [6.45, 7) is 11.4. The SMILES string of the molecule is COc1c(F)cc(NC(=O)C2CCC(N3CCN(C(=O)N[C@@H](C(=O)N[C@@H](Cc4ccc(F)c(C(=O)OC(C)(C)C)c4OC)B4O[C@@H]5C[C@@H]6C[C@@H](C6(C)C)[C@]5(C)O4)c4ccc(P(=O)(O)O)cc4)C3=O)CC2)c(Cl)c1OC. The first-order chi connectivity index (χ1) is 35.2. The van der Waals surface area contributed by atoms with Gasteiger partial charge in [-0.05, 0) is 119 Å². The van der Waals surface area contributed by atoms with Gasteiger partial charge in [0.15, 0.2) is 17.3 Å². The van der Waals surface area contributed by atoms with E-state index in [1.54, 1.807) is 20.8 Å². The van der Waals surface area contributed by atoms with E-state index in [0.29, 0.717) is 38.0 Å². The average Bonchev–Trinajstić information content (AvgIpc) is 3.92. The molecule has 2 aliphatic heterocycles. The molecule has 6 atom stereocenters. The van der Waals surface area contributed by atoms with Crippen molar-refractivity contribution >= 4 is 67.2 Å². The van der Waals surface area contributed by atoms with Gasteiger partial charge in [-0.25, -0.2) is 28.1 Å². The molecule has 2 heterocycles. The van der Waals surface area contributed by atoms with E-state index < -0.39 is 90.9 Å². The van der Waals surface area contributed by atoms with E-state index in [1.165, 1.54) is 44.4 Å². The Morgan fingerprint density at radius 1 is 0.907 bits per heavy atom. The van der Waals surface area contributed by atoms with Crippen LogP contribution in [0.4, 0.5) is 24.1 Å². The molecule has 75 heavy (non-hydrogen) atoms. The van der Waals surface area contributed by atoms with E-state index in [-0.39, 0.29) is 87.4 Å². The number of urea groups is 2. The van der Waals surface area contributed by atoms with Crippen LogP contribution >= 0.6 is 19.2 Å². The lowest BCUT2D eigenvalue weighted by molar-refractivity contribution is -0.199. The molecular formula is C51H64BClF2N5O14P. The Balaban J connectivity index is 1.02. The van der Waals surface area contributed by atoms with Gasteiger partial charge in [0.1, 0.15) is 33.8 Å². The summed E-state index contributed by atoms with van der Waals surface area (Å²) >= 11 is 6.42. The lowest BCUT2D eigenvalue weighted by atomic mass is 9.43. The number of halogens is 3. The maximum absolute atomic E-state index is 15.6. The summed E-state index contributed by atoms with van der Waals surface area (Å²) in [7, 11) is -2.04. The molecule has 0 spiro atoms. The number of rotatable bonds is 15. The van der Waals surface area contributed by atoms with Crippen molar-refractivity contribution in [1.82, 2.24) is 20.4 Å². The highest BCUT2D eigenvalue weighted by atomic mass is 35.5. The molecule has 2 saturated heterocycles. The van der Waals surface area contributed by atoms with E-state index >= 15 is 4.39 Å². The smallest absolute Gasteiger partial charge is 0.482 e. The highest BCUT2D eigenvalue weighted by Gasteiger charge is 2.68. The van der Waals surface area contributed by atoms with E-state index in [9.17, 15) is 42.7 Å². The van der Waals surface area contributed by atoms with Crippen LogP contribution in [-0.4, -0.2) is 120 Å². The molecule has 6 fully saturated rings. The van der Waals surface area contributed by atoms with Crippen LogP contribution in [0.1, 0.15) is 108 Å². The van der Waals surface area contributed by atoms with Gasteiger partial charge in [-0.3, -0.25) is 14.2 Å². The van der Waals surface area contributed by atoms with Crippen LogP contribution in [-0.2, 0) is 34.6 Å². The van der Waals surface area contributed by atoms with Crippen molar-refractivity contribution in [3.8, 4) is 17.2 Å². The molecule has 24 heteroatoms. The summed E-state index contributed by atoms with van der Waals surface area (Å²) in [5, 5.41) is 7.96. The molecule has 5 N–H and O–H groups in total. The molecule has 6 aliphatic rings. The van der Waals surface area contributed by atoms with Crippen LogP contribution in [0.15, 0.2) is 42.5 Å². The van der Waals surface area contributed by atoms with Crippen LogP contribution in [0.3, 0.4) is 0 Å². The number of benzene rings is 3. The summed E-state index contributed by atoms with van der Waals surface area (Å²) in [6, 6.07) is 4.83. The first-order valence-corrected chi connectivity index (χ1v) is 26.9. The second kappa shape index (κ2) is 21.1. The number of amides is 6. The molecule has 406 valence electrons. The largest absolute Gasteiger partial charge is 0.495 e. The van der Waals surface area contributed by atoms with Crippen molar-refractivity contribution in [2.24, 2.45) is 23.2 Å². The molecule has 19 nitrogen and oxygen atoms in total. The molecular weight excluding hydrogens is 1020 g/mol. The summed E-state index contributed by atoms with van der Waals surface area (Å²) in [4.78, 5) is 92.6. The van der Waals surface area contributed by atoms with Gasteiger partial charge in [0.25, 0.3) is 0 Å². The molecule has 4 aliphatic carbocycles. The van der Waals surface area contributed by atoms with Gasteiger partial charge in [-0.2, -0.15) is 0 Å². The molecule has 9 rings (SSSR count). The highest BCUT2D eigenvalue weighted by molar-refractivity contribution is 7.60. The third-order valence-electron chi connectivity index (χ3n) is 15.7. The minimum absolute atomic E-state index is 0.00482.